The van der Waals surface area contributed by atoms with Crippen LogP contribution in [-0.2, 0) is 16.0 Å². The van der Waals surface area contributed by atoms with E-state index in [1.54, 1.807) is 17.0 Å². The number of sulfone groups is 1. The molecule has 178 valence electrons. The minimum absolute atomic E-state index is 0.103. The highest BCUT2D eigenvalue weighted by molar-refractivity contribution is 7.93. The predicted molar refractivity (Wildman–Crippen MR) is 121 cm³/mol. The van der Waals surface area contributed by atoms with Gasteiger partial charge in [-0.3, -0.25) is 4.79 Å². The topological polar surface area (TPSA) is 79.4 Å². The molecule has 11 heteroatoms. The van der Waals surface area contributed by atoms with Gasteiger partial charge in [-0.2, -0.15) is 13.2 Å². The molecule has 1 fully saturated rings. The summed E-state index contributed by atoms with van der Waals surface area (Å²) in [5.74, 6) is -0.901. The number of benzene rings is 1. The number of anilines is 1. The molecule has 2 atom stereocenters. The molecule has 0 aliphatic carbocycles. The second-order valence-corrected chi connectivity index (χ2v) is 10.2. The van der Waals surface area contributed by atoms with Gasteiger partial charge in [-0.05, 0) is 37.5 Å². The van der Waals surface area contributed by atoms with Gasteiger partial charge in [-0.25, -0.2) is 13.4 Å². The summed E-state index contributed by atoms with van der Waals surface area (Å²) in [6, 6.07) is 7.01. The van der Waals surface area contributed by atoms with Crippen molar-refractivity contribution in [3.63, 3.8) is 0 Å². The third-order valence-electron chi connectivity index (χ3n) is 5.22. The van der Waals surface area contributed by atoms with Gasteiger partial charge in [0.2, 0.25) is 0 Å². The molecule has 2 heterocycles. The molecule has 0 saturated carbocycles. The number of carbonyl (C=O) groups is 1. The number of aromatic nitrogens is 1. The Morgan fingerprint density at radius 3 is 2.67 bits per heavy atom. The Balaban J connectivity index is 1.92. The summed E-state index contributed by atoms with van der Waals surface area (Å²) in [5.41, 5.74) is -0.950. The van der Waals surface area contributed by atoms with Gasteiger partial charge in [-0.1, -0.05) is 35.9 Å². The van der Waals surface area contributed by atoms with Crippen molar-refractivity contribution in [2.45, 2.75) is 38.0 Å². The number of rotatable bonds is 6. The number of carbonyl (C=O) groups excluding carboxylic acids is 1. The molecule has 1 N–H and O–H groups in total. The maximum Gasteiger partial charge on any atom is 0.417 e. The number of nitrogens with one attached hydrogen (secondary N) is 1. The zero-order chi connectivity index (χ0) is 24.4. The number of amides is 1. The fourth-order valence-electron chi connectivity index (χ4n) is 3.72. The number of hydrogen-bond acceptors (Lipinski definition) is 5. The summed E-state index contributed by atoms with van der Waals surface area (Å²) >= 11 is 6.31. The molecule has 0 spiro atoms. The Labute approximate surface area is 195 Å². The van der Waals surface area contributed by atoms with Gasteiger partial charge in [0, 0.05) is 35.5 Å². The normalized spacial score (nSPS) is 18.0. The van der Waals surface area contributed by atoms with Crippen molar-refractivity contribution in [1.29, 1.82) is 0 Å². The largest absolute Gasteiger partial charge is 0.417 e. The van der Waals surface area contributed by atoms with Gasteiger partial charge in [0.1, 0.15) is 5.82 Å². The molecule has 3 rings (SSSR count). The Kier molecular flexibility index (Phi) is 7.38. The van der Waals surface area contributed by atoms with Crippen LogP contribution in [-0.4, -0.2) is 38.2 Å². The van der Waals surface area contributed by atoms with Gasteiger partial charge in [-0.15, -0.1) is 0 Å². The molecule has 0 unspecified atom stereocenters. The van der Waals surface area contributed by atoms with E-state index in [1.807, 2.05) is 12.1 Å². The van der Waals surface area contributed by atoms with Crippen LogP contribution in [0.4, 0.5) is 19.0 Å². The molecule has 33 heavy (non-hydrogen) atoms. The van der Waals surface area contributed by atoms with Crippen LogP contribution in [0.15, 0.2) is 48.0 Å². The summed E-state index contributed by atoms with van der Waals surface area (Å²) in [4.78, 5) is 18.5. The fourth-order valence-corrected chi connectivity index (χ4v) is 4.50. The average molecular weight is 502 g/mol. The van der Waals surface area contributed by atoms with E-state index in [2.05, 4.69) is 10.3 Å². The molecule has 1 aliphatic heterocycles. The molecule has 2 aromatic rings. The highest BCUT2D eigenvalue weighted by Crippen LogP contribution is 2.40. The van der Waals surface area contributed by atoms with E-state index in [1.165, 1.54) is 13.0 Å². The van der Waals surface area contributed by atoms with Crippen LogP contribution >= 0.6 is 11.6 Å². The second-order valence-electron chi connectivity index (χ2n) is 7.88. The monoisotopic (exact) mass is 501 g/mol. The summed E-state index contributed by atoms with van der Waals surface area (Å²) in [7, 11) is -3.44. The van der Waals surface area contributed by atoms with Crippen LogP contribution in [0.1, 0.15) is 47.3 Å². The summed E-state index contributed by atoms with van der Waals surface area (Å²) in [5, 5.41) is 3.76. The highest BCUT2D eigenvalue weighted by atomic mass is 35.5. The Morgan fingerprint density at radius 2 is 2.03 bits per heavy atom. The van der Waals surface area contributed by atoms with E-state index >= 15 is 0 Å². The van der Waals surface area contributed by atoms with Crippen molar-refractivity contribution in [3.05, 3.63) is 69.7 Å². The van der Waals surface area contributed by atoms with E-state index in [0.29, 0.717) is 18.0 Å². The van der Waals surface area contributed by atoms with Crippen molar-refractivity contribution in [1.82, 2.24) is 10.3 Å². The molecule has 0 radical (unpaired) electrons. The van der Waals surface area contributed by atoms with E-state index in [-0.39, 0.29) is 11.9 Å². The molecule has 6 nitrogen and oxygen atoms in total. The SMILES string of the molecule is C[C@H](/C=C/S(C)(=O)=O)NC(=O)c1cnc(N2CCC[C@H]2c2ccccc2Cl)cc1C(F)(F)F. The van der Waals surface area contributed by atoms with Gasteiger partial charge in [0.15, 0.2) is 9.84 Å². The van der Waals surface area contributed by atoms with Crippen molar-refractivity contribution in [2.24, 2.45) is 0 Å². The van der Waals surface area contributed by atoms with E-state index in [0.717, 1.165) is 35.9 Å². The van der Waals surface area contributed by atoms with Crippen LogP contribution in [0, 0.1) is 0 Å². The fraction of sp³-hybridized carbons (Fsp3) is 0.364. The number of hydrogen-bond donors (Lipinski definition) is 1. The van der Waals surface area contributed by atoms with Gasteiger partial charge < -0.3 is 10.2 Å². The van der Waals surface area contributed by atoms with Crippen LogP contribution in [0.25, 0.3) is 0 Å². The quantitative estimate of drug-likeness (QED) is 0.616. The molecule has 1 aliphatic rings. The third kappa shape index (κ3) is 6.26. The van der Waals surface area contributed by atoms with Crippen LogP contribution in [0.2, 0.25) is 5.02 Å². The van der Waals surface area contributed by atoms with Crippen molar-refractivity contribution in [2.75, 3.05) is 17.7 Å². The maximum absolute atomic E-state index is 13.9. The second kappa shape index (κ2) is 9.72. The van der Waals surface area contributed by atoms with Gasteiger partial charge in [0.05, 0.1) is 17.2 Å². The van der Waals surface area contributed by atoms with Gasteiger partial charge >= 0.3 is 6.18 Å². The summed E-state index contributed by atoms with van der Waals surface area (Å²) < 4.78 is 64.0. The number of alkyl halides is 3. The van der Waals surface area contributed by atoms with Crippen LogP contribution in [0.3, 0.4) is 0 Å². The predicted octanol–water partition coefficient (Wildman–Crippen LogP) is 4.77. The van der Waals surface area contributed by atoms with Crippen molar-refractivity contribution >= 4 is 33.2 Å². The van der Waals surface area contributed by atoms with E-state index in [9.17, 15) is 26.4 Å². The number of nitrogens with zero attached hydrogens (tertiary/aromatic N) is 2. The first-order valence-electron chi connectivity index (χ1n) is 10.1. The van der Waals surface area contributed by atoms with E-state index in [4.69, 9.17) is 11.6 Å². The lowest BCUT2D eigenvalue weighted by Crippen LogP contribution is -2.33. The first-order valence-corrected chi connectivity index (χ1v) is 12.5. The molecule has 1 amide bonds. The van der Waals surface area contributed by atoms with Gasteiger partial charge in [0.25, 0.3) is 5.91 Å². The Bertz CT molecular complexity index is 1170. The molecular formula is C22H23ClF3N3O3S. The molecule has 1 aromatic heterocycles. The number of halogens is 4. The standard InChI is InChI=1S/C22H23ClF3N3O3S/c1-14(9-11-33(2,31)32)28-21(30)16-13-27-20(12-17(16)22(24,25)26)29-10-5-8-19(29)15-6-3-4-7-18(15)23/h3-4,6-7,9,11-14,19H,5,8,10H2,1-2H3,(H,28,30)/b11-9+/t14-,19+/m1/s1. The smallest absolute Gasteiger partial charge is 0.350 e. The Morgan fingerprint density at radius 1 is 1.33 bits per heavy atom. The van der Waals surface area contributed by atoms with Crippen LogP contribution in [0.5, 0.6) is 0 Å². The zero-order valence-corrected chi connectivity index (χ0v) is 19.5. The third-order valence-corrected chi connectivity index (χ3v) is 6.22. The number of pyridine rings is 1. The molecular weight excluding hydrogens is 479 g/mol. The first-order chi connectivity index (χ1) is 15.4. The van der Waals surface area contributed by atoms with E-state index < -0.39 is 39.1 Å². The zero-order valence-electron chi connectivity index (χ0n) is 17.9. The molecule has 1 aromatic carbocycles. The lowest BCUT2D eigenvalue weighted by Gasteiger charge is -2.28. The lowest BCUT2D eigenvalue weighted by molar-refractivity contribution is -0.138. The Hall–Kier alpha value is -2.59. The molecule has 0 bridgehead atoms. The minimum atomic E-state index is -4.80. The molecule has 1 saturated heterocycles. The summed E-state index contributed by atoms with van der Waals surface area (Å²) in [6.07, 6.45) is -0.278. The highest BCUT2D eigenvalue weighted by Gasteiger charge is 2.38. The minimum Gasteiger partial charge on any atom is -0.350 e. The average Bonchev–Trinajstić information content (AvgIpc) is 3.20. The lowest BCUT2D eigenvalue weighted by atomic mass is 10.0. The summed E-state index contributed by atoms with van der Waals surface area (Å²) in [6.45, 7) is 1.95. The van der Waals surface area contributed by atoms with Crippen molar-refractivity contribution in [3.8, 4) is 0 Å². The van der Waals surface area contributed by atoms with Crippen molar-refractivity contribution < 1.29 is 26.4 Å². The first kappa shape index (κ1) is 25.0. The van der Waals surface area contributed by atoms with Crippen LogP contribution < -0.4 is 10.2 Å². The maximum atomic E-state index is 13.9.